The molecular formula is C11H15ClN4O2S. The molecule has 0 atom stereocenters. The van der Waals surface area contributed by atoms with Crippen molar-refractivity contribution in [1.29, 1.82) is 0 Å². The summed E-state index contributed by atoms with van der Waals surface area (Å²) in [5.74, 6) is -0.834. The zero-order chi connectivity index (χ0) is 15.0. The first-order chi connectivity index (χ1) is 8.76. The number of aliphatic imine (C=N–C) groups is 1. The Labute approximate surface area is 120 Å². The molecule has 0 saturated carbocycles. The number of aliphatic carboxylic acids is 1. The van der Waals surface area contributed by atoms with E-state index in [1.807, 2.05) is 0 Å². The van der Waals surface area contributed by atoms with Gasteiger partial charge in [0.25, 0.3) is 0 Å². The van der Waals surface area contributed by atoms with E-state index in [4.69, 9.17) is 28.2 Å². The molecule has 0 saturated heterocycles. The Morgan fingerprint density at radius 2 is 2.11 bits per heavy atom. The molecule has 0 unspecified atom stereocenters. The summed E-state index contributed by atoms with van der Waals surface area (Å²) >= 11 is 6.63. The second-order valence-corrected chi connectivity index (χ2v) is 4.76. The molecule has 6 nitrogen and oxygen atoms in total. The van der Waals surface area contributed by atoms with Crippen molar-refractivity contribution < 1.29 is 9.90 Å². The summed E-state index contributed by atoms with van der Waals surface area (Å²) in [6, 6.07) is 0. The highest BCUT2D eigenvalue weighted by molar-refractivity contribution is 8.07. The van der Waals surface area contributed by atoms with Gasteiger partial charge in [0.15, 0.2) is 0 Å². The molecule has 104 valence electrons. The van der Waals surface area contributed by atoms with Crippen molar-refractivity contribution in [3.05, 3.63) is 46.2 Å². The highest BCUT2D eigenvalue weighted by Gasteiger charge is 2.09. The lowest BCUT2D eigenvalue weighted by Crippen LogP contribution is -2.10. The van der Waals surface area contributed by atoms with Gasteiger partial charge in [-0.15, -0.1) is 0 Å². The monoisotopic (exact) mass is 302 g/mol. The zero-order valence-electron chi connectivity index (χ0n) is 10.3. The first kappa shape index (κ1) is 17.1. The third-order valence-corrected chi connectivity index (χ3v) is 2.54. The molecule has 0 aliphatic heterocycles. The van der Waals surface area contributed by atoms with Crippen molar-refractivity contribution in [3.8, 4) is 0 Å². The van der Waals surface area contributed by atoms with Crippen LogP contribution < -0.4 is 16.8 Å². The van der Waals surface area contributed by atoms with E-state index in [1.165, 1.54) is 6.08 Å². The van der Waals surface area contributed by atoms with E-state index < -0.39 is 5.97 Å². The Hall–Kier alpha value is -1.86. The number of amidine groups is 1. The van der Waals surface area contributed by atoms with Crippen molar-refractivity contribution in [3.63, 3.8) is 0 Å². The van der Waals surface area contributed by atoms with Crippen molar-refractivity contribution >= 4 is 35.2 Å². The average molecular weight is 303 g/mol. The van der Waals surface area contributed by atoms with Crippen LogP contribution in [0.5, 0.6) is 0 Å². The van der Waals surface area contributed by atoms with Gasteiger partial charge in [-0.2, -0.15) is 0 Å². The third kappa shape index (κ3) is 7.96. The first-order valence-corrected chi connectivity index (χ1v) is 6.11. The molecule has 0 spiro atoms. The molecule has 0 aliphatic rings. The van der Waals surface area contributed by atoms with Gasteiger partial charge in [0.05, 0.1) is 10.9 Å². The van der Waals surface area contributed by atoms with E-state index in [9.17, 15) is 4.79 Å². The number of thioether (sulfide) groups is 1. The Morgan fingerprint density at radius 1 is 1.53 bits per heavy atom. The zero-order valence-corrected chi connectivity index (χ0v) is 11.9. The second-order valence-electron chi connectivity index (χ2n) is 3.23. The van der Waals surface area contributed by atoms with Gasteiger partial charge in [-0.25, -0.2) is 9.79 Å². The summed E-state index contributed by atoms with van der Waals surface area (Å²) in [5.41, 5.74) is 10.9. The minimum Gasteiger partial charge on any atom is -0.477 e. The lowest BCUT2D eigenvalue weighted by molar-refractivity contribution is -0.131. The molecule has 0 amide bonds. The fourth-order valence-electron chi connectivity index (χ4n) is 0.867. The number of carboxylic acid groups (broad SMARTS) is 1. The van der Waals surface area contributed by atoms with Crippen LogP contribution >= 0.6 is 23.4 Å². The van der Waals surface area contributed by atoms with Crippen LogP contribution in [-0.2, 0) is 4.79 Å². The number of carbonyl (C=O) groups is 1. The van der Waals surface area contributed by atoms with Gasteiger partial charge in [0, 0.05) is 11.9 Å². The molecule has 0 bridgehead atoms. The minimum atomic E-state index is -1.14. The van der Waals surface area contributed by atoms with Crippen molar-refractivity contribution in [2.24, 2.45) is 16.5 Å². The number of carboxylic acids is 1. The fourth-order valence-corrected chi connectivity index (χ4v) is 1.73. The van der Waals surface area contributed by atoms with Gasteiger partial charge in [0.1, 0.15) is 10.1 Å². The summed E-state index contributed by atoms with van der Waals surface area (Å²) in [4.78, 5) is 14.5. The highest BCUT2D eigenvalue weighted by atomic mass is 35.5. The molecule has 8 heteroatoms. The van der Waals surface area contributed by atoms with Gasteiger partial charge in [-0.05, 0) is 13.0 Å². The molecule has 0 fully saturated rings. The Balaban J connectivity index is 4.55. The van der Waals surface area contributed by atoms with Gasteiger partial charge in [-0.1, -0.05) is 36.5 Å². The van der Waals surface area contributed by atoms with Crippen LogP contribution in [0, 0.1) is 0 Å². The normalized spacial score (nSPS) is 13.1. The number of hydrogen-bond donors (Lipinski definition) is 4. The first-order valence-electron chi connectivity index (χ1n) is 4.92. The molecular weight excluding hydrogens is 288 g/mol. The molecule has 0 radical (unpaired) electrons. The maximum absolute atomic E-state index is 10.7. The average Bonchev–Trinajstić information content (AvgIpc) is 2.23. The largest absolute Gasteiger partial charge is 0.477 e. The van der Waals surface area contributed by atoms with Gasteiger partial charge in [0.2, 0.25) is 0 Å². The quantitative estimate of drug-likeness (QED) is 0.187. The van der Waals surface area contributed by atoms with Crippen LogP contribution in [0.4, 0.5) is 0 Å². The predicted molar refractivity (Wildman–Crippen MR) is 80.1 cm³/mol. The number of halogens is 1. The number of nitrogens with two attached hydrogens (primary N) is 2. The summed E-state index contributed by atoms with van der Waals surface area (Å²) in [6.07, 6.45) is 2.41. The predicted octanol–water partition coefficient (Wildman–Crippen LogP) is 1.64. The Bertz CT molecular complexity index is 479. The van der Waals surface area contributed by atoms with E-state index in [1.54, 1.807) is 6.92 Å². The number of hydrogen-bond acceptors (Lipinski definition) is 5. The van der Waals surface area contributed by atoms with Gasteiger partial charge in [-0.3, -0.25) is 0 Å². The number of allylic oxidation sites excluding steroid dienone is 1. The van der Waals surface area contributed by atoms with Crippen molar-refractivity contribution in [2.45, 2.75) is 6.92 Å². The smallest absolute Gasteiger partial charge is 0.344 e. The Morgan fingerprint density at radius 3 is 2.53 bits per heavy atom. The topological polar surface area (TPSA) is 114 Å². The van der Waals surface area contributed by atoms with Crippen LogP contribution in [0.1, 0.15) is 6.92 Å². The standard InChI is InChI=1S/C11H15ClN4O2S/c1-6(4-10(12)16-7(2)14)15-8(3)19-9(5-13)11(17)18/h4-5,15H,1,3,13H2,2H3,(H2,14,16)(H,17,18)/b9-5-,10-4-. The van der Waals surface area contributed by atoms with Crippen molar-refractivity contribution in [1.82, 2.24) is 5.32 Å². The molecule has 0 aromatic carbocycles. The summed E-state index contributed by atoms with van der Waals surface area (Å²) in [7, 11) is 0. The van der Waals surface area contributed by atoms with E-state index in [0.717, 1.165) is 18.0 Å². The maximum atomic E-state index is 10.7. The van der Waals surface area contributed by atoms with E-state index in [2.05, 4.69) is 23.5 Å². The lowest BCUT2D eigenvalue weighted by Gasteiger charge is -2.08. The van der Waals surface area contributed by atoms with Gasteiger partial charge < -0.3 is 21.9 Å². The third-order valence-electron chi connectivity index (χ3n) is 1.47. The van der Waals surface area contributed by atoms with Crippen LogP contribution in [0.2, 0.25) is 0 Å². The van der Waals surface area contributed by atoms with E-state index >= 15 is 0 Å². The summed E-state index contributed by atoms with van der Waals surface area (Å²) < 4.78 is 0. The minimum absolute atomic E-state index is 0.0591. The molecule has 6 N–H and O–H groups in total. The second kappa shape index (κ2) is 8.28. The summed E-state index contributed by atoms with van der Waals surface area (Å²) in [5, 5.41) is 12.0. The molecule has 0 rings (SSSR count). The van der Waals surface area contributed by atoms with E-state index in [0.29, 0.717) is 16.6 Å². The SMILES string of the molecule is C=C(/C=C(/Cl)N=C(C)N)NC(=C)S/C(=C\N)C(=O)O. The number of rotatable bonds is 7. The van der Waals surface area contributed by atoms with Crippen LogP contribution in [-0.4, -0.2) is 16.9 Å². The Kier molecular flexibility index (Phi) is 7.47. The molecule has 0 heterocycles. The van der Waals surface area contributed by atoms with Crippen molar-refractivity contribution in [2.75, 3.05) is 0 Å². The number of nitrogens with zero attached hydrogens (tertiary/aromatic N) is 1. The summed E-state index contributed by atoms with van der Waals surface area (Å²) in [6.45, 7) is 8.89. The highest BCUT2D eigenvalue weighted by Crippen LogP contribution is 2.22. The van der Waals surface area contributed by atoms with Crippen LogP contribution in [0.3, 0.4) is 0 Å². The lowest BCUT2D eigenvalue weighted by atomic mass is 10.4. The molecule has 0 aromatic heterocycles. The molecule has 0 aromatic rings. The number of nitrogens with one attached hydrogen (secondary N) is 1. The van der Waals surface area contributed by atoms with E-state index in [-0.39, 0.29) is 10.1 Å². The van der Waals surface area contributed by atoms with Crippen LogP contribution in [0.25, 0.3) is 0 Å². The molecule has 19 heavy (non-hydrogen) atoms. The maximum Gasteiger partial charge on any atom is 0.344 e. The van der Waals surface area contributed by atoms with Crippen LogP contribution in [0.15, 0.2) is 51.2 Å². The molecule has 0 aliphatic carbocycles. The van der Waals surface area contributed by atoms with Gasteiger partial charge >= 0.3 is 5.97 Å². The fraction of sp³-hybridized carbons (Fsp3) is 0.0909.